The third kappa shape index (κ3) is 3.48. The number of carbonyl (C=O) groups is 1. The Balaban J connectivity index is 2.29. The fourth-order valence-corrected chi connectivity index (χ4v) is 3.52. The molecule has 0 saturated carbocycles. The van der Waals surface area contributed by atoms with E-state index in [0.29, 0.717) is 12.1 Å². The second kappa shape index (κ2) is 6.36. The predicted octanol–water partition coefficient (Wildman–Crippen LogP) is 4.00. The molecule has 0 aliphatic carbocycles. The molecule has 0 spiro atoms. The van der Waals surface area contributed by atoms with Gasteiger partial charge in [0.25, 0.3) is 11.6 Å². The highest BCUT2D eigenvalue weighted by atomic mass is 79.9. The van der Waals surface area contributed by atoms with Crippen molar-refractivity contribution in [3.63, 3.8) is 0 Å². The maximum atomic E-state index is 12.5. The summed E-state index contributed by atoms with van der Waals surface area (Å²) >= 11 is 4.89. The lowest BCUT2D eigenvalue weighted by Gasteiger charge is -2.17. The first-order valence-electron chi connectivity index (χ1n) is 6.12. The number of nitro groups is 1. The molecule has 0 bridgehead atoms. The van der Waals surface area contributed by atoms with E-state index in [4.69, 9.17) is 0 Å². The lowest BCUT2D eigenvalue weighted by Crippen LogP contribution is -2.27. The molecule has 0 atom stereocenters. The van der Waals surface area contributed by atoms with Crippen LogP contribution in [0, 0.1) is 17.0 Å². The lowest BCUT2D eigenvalue weighted by atomic mass is 10.1. The maximum absolute atomic E-state index is 12.5. The average Bonchev–Trinajstić information content (AvgIpc) is 2.82. The van der Waals surface area contributed by atoms with Gasteiger partial charge in [0.15, 0.2) is 0 Å². The number of amides is 1. The van der Waals surface area contributed by atoms with Gasteiger partial charge in [-0.3, -0.25) is 14.9 Å². The zero-order chi connectivity index (χ0) is 15.6. The summed E-state index contributed by atoms with van der Waals surface area (Å²) in [5.41, 5.74) is 0.605. The topological polar surface area (TPSA) is 63.5 Å². The number of thiophene rings is 1. The molecule has 0 aliphatic rings. The molecule has 21 heavy (non-hydrogen) atoms. The Hall–Kier alpha value is -1.73. The molecule has 1 aromatic heterocycles. The van der Waals surface area contributed by atoms with E-state index in [2.05, 4.69) is 15.9 Å². The summed E-state index contributed by atoms with van der Waals surface area (Å²) in [6.07, 6.45) is 0. The molecular formula is C14H13BrN2O3S. The zero-order valence-electron chi connectivity index (χ0n) is 11.5. The van der Waals surface area contributed by atoms with E-state index in [0.717, 1.165) is 9.35 Å². The Bertz CT molecular complexity index is 699. The number of aryl methyl sites for hydroxylation is 1. The number of rotatable bonds is 4. The van der Waals surface area contributed by atoms with E-state index in [-0.39, 0.29) is 17.2 Å². The quantitative estimate of drug-likeness (QED) is 0.605. The number of hydrogen-bond donors (Lipinski definition) is 0. The van der Waals surface area contributed by atoms with Crippen molar-refractivity contribution in [2.24, 2.45) is 0 Å². The summed E-state index contributed by atoms with van der Waals surface area (Å²) in [7, 11) is 1.64. The highest BCUT2D eigenvalue weighted by molar-refractivity contribution is 9.10. The number of benzene rings is 1. The first-order chi connectivity index (χ1) is 9.90. The van der Waals surface area contributed by atoms with Crippen molar-refractivity contribution in [1.29, 1.82) is 0 Å². The van der Waals surface area contributed by atoms with Crippen LogP contribution in [0.5, 0.6) is 0 Å². The van der Waals surface area contributed by atoms with Crippen molar-refractivity contribution in [1.82, 2.24) is 4.90 Å². The van der Waals surface area contributed by atoms with Gasteiger partial charge in [0, 0.05) is 27.8 Å². The van der Waals surface area contributed by atoms with Crippen LogP contribution in [0.3, 0.4) is 0 Å². The second-order valence-corrected chi connectivity index (χ2v) is 6.53. The van der Waals surface area contributed by atoms with Crippen molar-refractivity contribution in [3.05, 3.63) is 60.2 Å². The van der Waals surface area contributed by atoms with Crippen molar-refractivity contribution in [2.45, 2.75) is 13.5 Å². The monoisotopic (exact) mass is 368 g/mol. The maximum Gasteiger partial charge on any atom is 0.282 e. The van der Waals surface area contributed by atoms with Crippen molar-refractivity contribution in [2.75, 3.05) is 7.05 Å². The molecule has 0 unspecified atom stereocenters. The number of hydrogen-bond acceptors (Lipinski definition) is 4. The largest absolute Gasteiger partial charge is 0.336 e. The van der Waals surface area contributed by atoms with E-state index in [1.807, 2.05) is 11.4 Å². The van der Waals surface area contributed by atoms with Gasteiger partial charge in [-0.1, -0.05) is 12.1 Å². The third-order valence-electron chi connectivity index (χ3n) is 3.02. The Morgan fingerprint density at radius 1 is 1.48 bits per heavy atom. The number of halogens is 1. The van der Waals surface area contributed by atoms with E-state index in [1.54, 1.807) is 26.1 Å². The minimum atomic E-state index is -0.518. The number of carbonyl (C=O) groups excluding carboxylic acids is 1. The van der Waals surface area contributed by atoms with E-state index >= 15 is 0 Å². The molecule has 2 aromatic rings. The highest BCUT2D eigenvalue weighted by Crippen LogP contribution is 2.25. The third-order valence-corrected chi connectivity index (χ3v) is 4.71. The van der Waals surface area contributed by atoms with Crippen LogP contribution in [0.25, 0.3) is 0 Å². The highest BCUT2D eigenvalue weighted by Gasteiger charge is 2.25. The normalized spacial score (nSPS) is 10.4. The van der Waals surface area contributed by atoms with Crippen molar-refractivity contribution < 1.29 is 9.72 Å². The van der Waals surface area contributed by atoms with Gasteiger partial charge in [-0.25, -0.2) is 0 Å². The first kappa shape index (κ1) is 15.7. The zero-order valence-corrected chi connectivity index (χ0v) is 13.9. The Kier molecular flexibility index (Phi) is 4.74. The van der Waals surface area contributed by atoms with Gasteiger partial charge in [-0.15, -0.1) is 11.3 Å². The van der Waals surface area contributed by atoms with Crippen LogP contribution in [0.4, 0.5) is 5.69 Å². The molecule has 2 rings (SSSR count). The Labute approximate surface area is 134 Å². The molecule has 7 heteroatoms. The summed E-state index contributed by atoms with van der Waals surface area (Å²) < 4.78 is 0.963. The van der Waals surface area contributed by atoms with E-state index in [1.165, 1.54) is 22.3 Å². The molecule has 1 aromatic carbocycles. The summed E-state index contributed by atoms with van der Waals surface area (Å²) in [4.78, 5) is 25.6. The molecular weight excluding hydrogens is 356 g/mol. The molecule has 5 nitrogen and oxygen atoms in total. The molecule has 0 radical (unpaired) electrons. The van der Waals surface area contributed by atoms with Gasteiger partial charge in [0.05, 0.1) is 11.5 Å². The standard InChI is InChI=1S/C14H13BrN2O3S/c1-9-4-3-5-12(17(19)20)13(9)14(18)16(2)7-11-6-10(15)8-21-11/h3-6,8H,7H2,1-2H3. The Morgan fingerprint density at radius 3 is 2.76 bits per heavy atom. The van der Waals surface area contributed by atoms with Crippen LogP contribution in [-0.4, -0.2) is 22.8 Å². The average molecular weight is 369 g/mol. The van der Waals surface area contributed by atoms with Crippen LogP contribution in [0.2, 0.25) is 0 Å². The molecule has 1 amide bonds. The van der Waals surface area contributed by atoms with Gasteiger partial charge < -0.3 is 4.90 Å². The van der Waals surface area contributed by atoms with Crippen molar-refractivity contribution >= 4 is 38.9 Å². The van der Waals surface area contributed by atoms with Crippen LogP contribution >= 0.6 is 27.3 Å². The minimum Gasteiger partial charge on any atom is -0.336 e. The number of nitro benzene ring substituents is 1. The molecule has 0 fully saturated rings. The lowest BCUT2D eigenvalue weighted by molar-refractivity contribution is -0.385. The SMILES string of the molecule is Cc1cccc([N+](=O)[O-])c1C(=O)N(C)Cc1cc(Br)cs1. The van der Waals surface area contributed by atoms with Gasteiger partial charge in [0.1, 0.15) is 5.56 Å². The van der Waals surface area contributed by atoms with E-state index < -0.39 is 4.92 Å². The van der Waals surface area contributed by atoms with Crippen LogP contribution in [0.1, 0.15) is 20.8 Å². The molecule has 0 N–H and O–H groups in total. The first-order valence-corrected chi connectivity index (χ1v) is 7.79. The van der Waals surface area contributed by atoms with Crippen LogP contribution in [0.15, 0.2) is 34.1 Å². The Morgan fingerprint density at radius 2 is 2.19 bits per heavy atom. The second-order valence-electron chi connectivity index (χ2n) is 4.62. The summed E-state index contributed by atoms with van der Waals surface area (Å²) in [5.74, 6) is -0.343. The van der Waals surface area contributed by atoms with Crippen LogP contribution in [-0.2, 0) is 6.54 Å². The van der Waals surface area contributed by atoms with Gasteiger partial charge >= 0.3 is 0 Å². The van der Waals surface area contributed by atoms with E-state index in [9.17, 15) is 14.9 Å². The van der Waals surface area contributed by atoms with Gasteiger partial charge in [-0.05, 0) is 34.5 Å². The van der Waals surface area contributed by atoms with Gasteiger partial charge in [-0.2, -0.15) is 0 Å². The van der Waals surface area contributed by atoms with Crippen molar-refractivity contribution in [3.8, 4) is 0 Å². The molecule has 110 valence electrons. The summed E-state index contributed by atoms with van der Waals surface area (Å²) in [5, 5.41) is 13.0. The number of nitrogens with zero attached hydrogens (tertiary/aromatic N) is 2. The summed E-state index contributed by atoms with van der Waals surface area (Å²) in [6, 6.07) is 6.58. The van der Waals surface area contributed by atoms with Crippen LogP contribution < -0.4 is 0 Å². The smallest absolute Gasteiger partial charge is 0.282 e. The molecule has 1 heterocycles. The fourth-order valence-electron chi connectivity index (χ4n) is 2.02. The van der Waals surface area contributed by atoms with Gasteiger partial charge in [0.2, 0.25) is 0 Å². The minimum absolute atomic E-state index is 0.153. The predicted molar refractivity (Wildman–Crippen MR) is 85.6 cm³/mol. The molecule has 0 saturated heterocycles. The summed E-state index contributed by atoms with van der Waals surface area (Å²) in [6.45, 7) is 2.12. The molecule has 0 aliphatic heterocycles. The fraction of sp³-hybridized carbons (Fsp3) is 0.214.